The number of amides is 1. The second-order valence-corrected chi connectivity index (χ2v) is 4.91. The van der Waals surface area contributed by atoms with E-state index < -0.39 is 11.3 Å². The Morgan fingerprint density at radius 2 is 2.17 bits per heavy atom. The first-order valence-electron chi connectivity index (χ1n) is 6.00. The summed E-state index contributed by atoms with van der Waals surface area (Å²) in [5.41, 5.74) is -1.10. The predicted octanol–water partition coefficient (Wildman–Crippen LogP) is -0.383. The maximum absolute atomic E-state index is 12.0. The van der Waals surface area contributed by atoms with Gasteiger partial charge in [0.25, 0.3) is 0 Å². The molecule has 6 heteroatoms. The molecule has 0 aliphatic carbocycles. The van der Waals surface area contributed by atoms with Gasteiger partial charge in [-0.05, 0) is 25.8 Å². The van der Waals surface area contributed by atoms with Gasteiger partial charge in [-0.1, -0.05) is 0 Å². The van der Waals surface area contributed by atoms with Crippen molar-refractivity contribution in [2.45, 2.75) is 31.9 Å². The first kappa shape index (κ1) is 12.8. The average Bonchev–Trinajstić information content (AvgIpc) is 2.32. The normalized spacial score (nSPS) is 18.7. The van der Waals surface area contributed by atoms with Gasteiger partial charge in [0.1, 0.15) is 6.54 Å². The average molecular weight is 251 g/mol. The van der Waals surface area contributed by atoms with Gasteiger partial charge in [-0.25, -0.2) is 9.78 Å². The van der Waals surface area contributed by atoms with Gasteiger partial charge in [-0.15, -0.1) is 0 Å². The molecule has 1 fully saturated rings. The number of nitrogens with zero attached hydrogens (tertiary/aromatic N) is 3. The van der Waals surface area contributed by atoms with Gasteiger partial charge in [0.2, 0.25) is 5.91 Å². The number of aliphatic hydroxyl groups is 1. The second-order valence-electron chi connectivity index (χ2n) is 4.91. The van der Waals surface area contributed by atoms with Crippen molar-refractivity contribution in [1.29, 1.82) is 0 Å². The minimum Gasteiger partial charge on any atom is -0.390 e. The Labute approximate surface area is 105 Å². The lowest BCUT2D eigenvalue weighted by molar-refractivity contribution is -0.135. The van der Waals surface area contributed by atoms with E-state index >= 15 is 0 Å². The molecule has 0 radical (unpaired) electrons. The van der Waals surface area contributed by atoms with Gasteiger partial charge >= 0.3 is 5.69 Å². The molecule has 1 aliphatic rings. The van der Waals surface area contributed by atoms with Crippen LogP contribution in [0.1, 0.15) is 19.8 Å². The monoisotopic (exact) mass is 251 g/mol. The molecule has 0 spiro atoms. The third-order valence-electron chi connectivity index (χ3n) is 3.28. The minimum absolute atomic E-state index is 0.00875. The van der Waals surface area contributed by atoms with E-state index in [9.17, 15) is 14.7 Å². The van der Waals surface area contributed by atoms with Crippen molar-refractivity contribution in [3.63, 3.8) is 0 Å². The molecule has 0 aromatic carbocycles. The predicted molar refractivity (Wildman–Crippen MR) is 64.9 cm³/mol. The van der Waals surface area contributed by atoms with E-state index in [1.807, 2.05) is 0 Å². The van der Waals surface area contributed by atoms with Crippen LogP contribution in [0.15, 0.2) is 23.3 Å². The van der Waals surface area contributed by atoms with E-state index in [1.54, 1.807) is 24.1 Å². The highest BCUT2D eigenvalue weighted by molar-refractivity contribution is 5.76. The fourth-order valence-electron chi connectivity index (χ4n) is 1.99. The maximum Gasteiger partial charge on any atom is 0.347 e. The van der Waals surface area contributed by atoms with Crippen LogP contribution >= 0.6 is 0 Å². The van der Waals surface area contributed by atoms with Crippen molar-refractivity contribution >= 4 is 5.91 Å². The van der Waals surface area contributed by atoms with Crippen LogP contribution in [0.5, 0.6) is 0 Å². The summed E-state index contributed by atoms with van der Waals surface area (Å²) in [7, 11) is 0. The molecule has 1 aromatic rings. The van der Waals surface area contributed by atoms with Crippen molar-refractivity contribution in [2.24, 2.45) is 0 Å². The standard InChI is InChI=1S/C12H17N3O3/c1-12(18)3-7-14(8-4-12)10(16)9-15-6-2-5-13-11(15)17/h2,5-6,18H,3-4,7-9H2,1H3. The highest BCUT2D eigenvalue weighted by atomic mass is 16.3. The lowest BCUT2D eigenvalue weighted by Crippen LogP contribution is -2.46. The Hall–Kier alpha value is -1.69. The first-order valence-corrected chi connectivity index (χ1v) is 6.00. The molecular weight excluding hydrogens is 234 g/mol. The summed E-state index contributed by atoms with van der Waals surface area (Å²) in [5, 5.41) is 9.80. The zero-order chi connectivity index (χ0) is 13.2. The van der Waals surface area contributed by atoms with Crippen LogP contribution in [-0.2, 0) is 11.3 Å². The van der Waals surface area contributed by atoms with E-state index in [0.29, 0.717) is 25.9 Å². The SMILES string of the molecule is CC1(O)CCN(C(=O)Cn2cccnc2=O)CC1. The Morgan fingerprint density at radius 1 is 1.50 bits per heavy atom. The van der Waals surface area contributed by atoms with Gasteiger partial charge in [0.15, 0.2) is 0 Å². The summed E-state index contributed by atoms with van der Waals surface area (Å²) in [6.45, 7) is 2.84. The van der Waals surface area contributed by atoms with Crippen LogP contribution in [0.25, 0.3) is 0 Å². The molecule has 2 heterocycles. The summed E-state index contributed by atoms with van der Waals surface area (Å²) < 4.78 is 1.29. The summed E-state index contributed by atoms with van der Waals surface area (Å²) >= 11 is 0. The van der Waals surface area contributed by atoms with Gasteiger partial charge in [-0.3, -0.25) is 9.36 Å². The number of hydrogen-bond donors (Lipinski definition) is 1. The molecule has 1 aromatic heterocycles. The fraction of sp³-hybridized carbons (Fsp3) is 0.583. The Bertz CT molecular complexity index is 485. The first-order chi connectivity index (χ1) is 8.48. The van der Waals surface area contributed by atoms with Gasteiger partial charge in [-0.2, -0.15) is 0 Å². The van der Waals surface area contributed by atoms with E-state index in [2.05, 4.69) is 4.98 Å². The number of carbonyl (C=O) groups excluding carboxylic acids is 1. The van der Waals surface area contributed by atoms with Crippen molar-refractivity contribution in [2.75, 3.05) is 13.1 Å². The van der Waals surface area contributed by atoms with E-state index in [1.165, 1.54) is 10.8 Å². The number of likely N-dealkylation sites (tertiary alicyclic amines) is 1. The zero-order valence-electron chi connectivity index (χ0n) is 10.4. The van der Waals surface area contributed by atoms with Gasteiger partial charge in [0, 0.05) is 25.5 Å². The van der Waals surface area contributed by atoms with E-state index in [-0.39, 0.29) is 12.5 Å². The van der Waals surface area contributed by atoms with Crippen LogP contribution in [-0.4, -0.2) is 44.2 Å². The smallest absolute Gasteiger partial charge is 0.347 e. The topological polar surface area (TPSA) is 75.4 Å². The molecule has 1 N–H and O–H groups in total. The molecule has 2 rings (SSSR count). The number of carbonyl (C=O) groups is 1. The lowest BCUT2D eigenvalue weighted by Gasteiger charge is -2.35. The molecule has 98 valence electrons. The summed E-state index contributed by atoms with van der Waals surface area (Å²) in [6, 6.07) is 1.62. The molecule has 0 atom stereocenters. The fourth-order valence-corrected chi connectivity index (χ4v) is 1.99. The van der Waals surface area contributed by atoms with Gasteiger partial charge in [0.05, 0.1) is 5.60 Å². The van der Waals surface area contributed by atoms with E-state index in [0.717, 1.165) is 0 Å². The van der Waals surface area contributed by atoms with Crippen LogP contribution < -0.4 is 5.69 Å². The van der Waals surface area contributed by atoms with Crippen LogP contribution in [0.2, 0.25) is 0 Å². The minimum atomic E-state index is -0.679. The molecule has 6 nitrogen and oxygen atoms in total. The zero-order valence-corrected chi connectivity index (χ0v) is 10.4. The molecule has 18 heavy (non-hydrogen) atoms. The second kappa shape index (κ2) is 4.89. The quantitative estimate of drug-likeness (QED) is 0.777. The van der Waals surface area contributed by atoms with Crippen molar-refractivity contribution in [3.05, 3.63) is 28.9 Å². The Balaban J connectivity index is 1.98. The van der Waals surface area contributed by atoms with Crippen LogP contribution in [0.4, 0.5) is 0 Å². The third kappa shape index (κ3) is 2.95. The van der Waals surface area contributed by atoms with Crippen molar-refractivity contribution < 1.29 is 9.90 Å². The Kier molecular flexibility index (Phi) is 3.47. The van der Waals surface area contributed by atoms with Crippen LogP contribution in [0.3, 0.4) is 0 Å². The van der Waals surface area contributed by atoms with Gasteiger partial charge < -0.3 is 10.0 Å². The van der Waals surface area contributed by atoms with Crippen molar-refractivity contribution in [3.8, 4) is 0 Å². The molecular formula is C12H17N3O3. The number of piperidine rings is 1. The molecule has 1 amide bonds. The third-order valence-corrected chi connectivity index (χ3v) is 3.28. The number of rotatable bonds is 2. The number of aromatic nitrogens is 2. The molecule has 0 unspecified atom stereocenters. The summed E-state index contributed by atoms with van der Waals surface area (Å²) in [4.78, 5) is 28.6. The lowest BCUT2D eigenvalue weighted by atomic mass is 9.94. The van der Waals surface area contributed by atoms with Crippen molar-refractivity contribution in [1.82, 2.24) is 14.5 Å². The number of hydrogen-bond acceptors (Lipinski definition) is 4. The highest BCUT2D eigenvalue weighted by Gasteiger charge is 2.29. The summed E-state index contributed by atoms with van der Waals surface area (Å²) in [6.07, 6.45) is 4.09. The Morgan fingerprint density at radius 3 is 2.78 bits per heavy atom. The summed E-state index contributed by atoms with van der Waals surface area (Å²) in [5.74, 6) is -0.111. The van der Waals surface area contributed by atoms with E-state index in [4.69, 9.17) is 0 Å². The van der Waals surface area contributed by atoms with Crippen LogP contribution in [0, 0.1) is 0 Å². The molecule has 0 saturated carbocycles. The largest absolute Gasteiger partial charge is 0.390 e. The highest BCUT2D eigenvalue weighted by Crippen LogP contribution is 2.21. The molecule has 1 saturated heterocycles. The molecule has 0 bridgehead atoms. The maximum atomic E-state index is 12.0. The molecule has 1 aliphatic heterocycles.